The predicted octanol–water partition coefficient (Wildman–Crippen LogP) is 1.37. The molecule has 6 aliphatic carbocycles. The van der Waals surface area contributed by atoms with Gasteiger partial charge in [-0.1, -0.05) is 22.6 Å². The van der Waals surface area contributed by atoms with Gasteiger partial charge in [0, 0.05) is 21.5 Å². The average molecular weight is 359 g/mol. The average Bonchev–Trinajstić information content (AvgIpc) is 2.97. The highest BCUT2D eigenvalue weighted by Crippen LogP contribution is 2.82. The van der Waals surface area contributed by atoms with Crippen LogP contribution in [0.1, 0.15) is 6.42 Å². The molecular weight excluding hydrogens is 345 g/mol. The molecule has 9 atom stereocenters. The lowest BCUT2D eigenvalue weighted by Crippen LogP contribution is -2.30. The van der Waals surface area contributed by atoms with Crippen LogP contribution in [0.4, 0.5) is 0 Å². The van der Waals surface area contributed by atoms with Gasteiger partial charge in [0.2, 0.25) is 0 Å². The Morgan fingerprint density at radius 1 is 1.24 bits per heavy atom. The molecule has 3 nitrogen and oxygen atoms in total. The van der Waals surface area contributed by atoms with E-state index in [9.17, 15) is 0 Å². The Bertz CT molecular complexity index is 476. The van der Waals surface area contributed by atoms with Gasteiger partial charge in [-0.2, -0.15) is 5.10 Å². The summed E-state index contributed by atoms with van der Waals surface area (Å²) in [4.78, 5) is 0. The molecule has 0 aromatic rings. The van der Waals surface area contributed by atoms with Gasteiger partial charge in [-0.3, -0.25) is 5.43 Å². The first-order chi connectivity index (χ1) is 8.20. The van der Waals surface area contributed by atoms with Crippen molar-refractivity contribution in [3.8, 4) is 0 Å². The van der Waals surface area contributed by atoms with Crippen molar-refractivity contribution in [2.75, 3.05) is 0 Å². The van der Waals surface area contributed by atoms with Crippen LogP contribution < -0.4 is 11.2 Å². The minimum Gasteiger partial charge on any atom is -0.375 e. The van der Waals surface area contributed by atoms with Gasteiger partial charge in [-0.15, -0.1) is 0 Å². The number of nitrogens with zero attached hydrogens (tertiary/aromatic N) is 1. The normalized spacial score (nSPS) is 65.7. The molecule has 3 N–H and O–H groups in total. The number of hydrogen-bond acceptors (Lipinski definition) is 2. The number of nitrogens with one attached hydrogen (secondary N) is 1. The van der Waals surface area contributed by atoms with Crippen molar-refractivity contribution in [3.05, 3.63) is 0 Å². The Morgan fingerprint density at radius 3 is 2.71 bits per heavy atom. The minimum absolute atomic E-state index is 0.307. The van der Waals surface area contributed by atoms with E-state index in [2.05, 4.69) is 33.1 Å². The van der Waals surface area contributed by atoms with Crippen molar-refractivity contribution in [1.82, 2.24) is 5.43 Å². The summed E-state index contributed by atoms with van der Waals surface area (Å²) < 4.78 is 0.921. The van der Waals surface area contributed by atoms with Crippen LogP contribution in [0.15, 0.2) is 5.10 Å². The molecule has 6 rings (SSSR count). The smallest absolute Gasteiger partial charge is 0.184 e. The quantitative estimate of drug-likeness (QED) is 0.322. The lowest BCUT2D eigenvalue weighted by atomic mass is 9.71. The van der Waals surface area contributed by atoms with Crippen LogP contribution in [0.25, 0.3) is 0 Å². The molecule has 0 spiro atoms. The number of hydrogen-bond donors (Lipinski definition) is 2. The molecule has 90 valence electrons. The van der Waals surface area contributed by atoms with Crippen molar-refractivity contribution in [1.29, 1.82) is 0 Å². The highest BCUT2D eigenvalue weighted by atomic mass is 127. The summed E-state index contributed by atoms with van der Waals surface area (Å²) >= 11 is 7.59. The molecule has 6 bridgehead atoms. The Kier molecular flexibility index (Phi) is 1.65. The molecular formula is C12H14IN3S. The third-order valence-corrected chi connectivity index (χ3v) is 8.09. The first-order valence-corrected chi connectivity index (χ1v) is 8.12. The monoisotopic (exact) mass is 359 g/mol. The zero-order chi connectivity index (χ0) is 11.5. The van der Waals surface area contributed by atoms with Crippen molar-refractivity contribution in [2.24, 2.45) is 58.2 Å². The van der Waals surface area contributed by atoms with E-state index < -0.39 is 0 Å². The van der Waals surface area contributed by atoms with E-state index in [1.54, 1.807) is 0 Å². The summed E-state index contributed by atoms with van der Waals surface area (Å²) in [6.07, 6.45) is 1.49. The maximum atomic E-state index is 5.50. The molecule has 0 heterocycles. The van der Waals surface area contributed by atoms with Crippen molar-refractivity contribution in [3.63, 3.8) is 0 Å². The largest absolute Gasteiger partial charge is 0.375 e. The number of halogens is 1. The van der Waals surface area contributed by atoms with Crippen LogP contribution in [-0.4, -0.2) is 14.7 Å². The van der Waals surface area contributed by atoms with Gasteiger partial charge >= 0.3 is 0 Å². The van der Waals surface area contributed by atoms with Crippen LogP contribution in [-0.2, 0) is 0 Å². The van der Waals surface area contributed by atoms with Gasteiger partial charge in [0.05, 0.1) is 0 Å². The van der Waals surface area contributed by atoms with Gasteiger partial charge in [0.25, 0.3) is 0 Å². The van der Waals surface area contributed by atoms with E-state index in [0.29, 0.717) is 5.11 Å². The van der Waals surface area contributed by atoms with Crippen LogP contribution in [0.3, 0.4) is 0 Å². The fourth-order valence-corrected chi connectivity index (χ4v) is 8.48. The van der Waals surface area contributed by atoms with Crippen LogP contribution >= 0.6 is 34.8 Å². The summed E-state index contributed by atoms with van der Waals surface area (Å²) in [7, 11) is 0. The first kappa shape index (κ1) is 9.95. The Morgan fingerprint density at radius 2 is 2.00 bits per heavy atom. The van der Waals surface area contributed by atoms with Crippen LogP contribution in [0.2, 0.25) is 0 Å². The summed E-state index contributed by atoms with van der Waals surface area (Å²) in [5.41, 5.74) is 9.78. The molecule has 0 aromatic carbocycles. The van der Waals surface area contributed by atoms with Crippen molar-refractivity contribution < 1.29 is 0 Å². The molecule has 0 unspecified atom stereocenters. The van der Waals surface area contributed by atoms with Crippen molar-refractivity contribution >= 4 is 45.6 Å². The predicted molar refractivity (Wildman–Crippen MR) is 77.7 cm³/mol. The molecule has 0 aliphatic heterocycles. The molecule has 0 radical (unpaired) electrons. The molecule has 0 aromatic heterocycles. The van der Waals surface area contributed by atoms with Gasteiger partial charge < -0.3 is 5.73 Å². The number of thiocarbonyl (C=S) groups is 1. The number of rotatable bonds is 1. The third kappa shape index (κ3) is 0.856. The Hall–Kier alpha value is 0.0900. The zero-order valence-corrected chi connectivity index (χ0v) is 12.2. The maximum absolute atomic E-state index is 5.50. The third-order valence-electron chi connectivity index (χ3n) is 6.34. The van der Waals surface area contributed by atoms with E-state index in [1.807, 2.05) is 0 Å². The summed E-state index contributed by atoms with van der Waals surface area (Å²) in [5, 5.41) is 4.88. The maximum Gasteiger partial charge on any atom is 0.184 e. The van der Waals surface area contributed by atoms with E-state index in [1.165, 1.54) is 12.1 Å². The molecule has 17 heavy (non-hydrogen) atoms. The Balaban J connectivity index is 1.62. The lowest BCUT2D eigenvalue weighted by Gasteiger charge is -2.32. The molecule has 6 fully saturated rings. The highest BCUT2D eigenvalue weighted by molar-refractivity contribution is 14.1. The number of alkyl halides is 1. The highest BCUT2D eigenvalue weighted by Gasteiger charge is 2.82. The zero-order valence-electron chi connectivity index (χ0n) is 9.21. The molecule has 0 amide bonds. The summed E-state index contributed by atoms with van der Waals surface area (Å²) in [6.45, 7) is 0. The second-order valence-electron chi connectivity index (χ2n) is 6.38. The van der Waals surface area contributed by atoms with E-state index in [4.69, 9.17) is 18.0 Å². The topological polar surface area (TPSA) is 50.4 Å². The summed E-state index contributed by atoms with van der Waals surface area (Å²) in [5.74, 6) is 7.46. The van der Waals surface area contributed by atoms with Gasteiger partial charge in [0.1, 0.15) is 0 Å². The Labute approximate surface area is 119 Å². The second kappa shape index (κ2) is 2.81. The van der Waals surface area contributed by atoms with Crippen LogP contribution in [0, 0.1) is 47.3 Å². The standard InChI is InChI=1S/C12H14IN3S/c13-10-6-2-1-3-4(6)9-8(10)5(2)7(3)11(9)15-16-12(14)17/h2-10H,1H2,(H3,14,16,17)/b15-11+/t2-,3+,4-,5-,6-,7-,8+,9-,10+/m0/s1. The lowest BCUT2D eigenvalue weighted by molar-refractivity contribution is 0.132. The van der Waals surface area contributed by atoms with Gasteiger partial charge in [-0.05, 0) is 54.1 Å². The second-order valence-corrected chi connectivity index (χ2v) is 8.26. The molecule has 5 heteroatoms. The van der Waals surface area contributed by atoms with E-state index in [0.717, 1.165) is 51.3 Å². The van der Waals surface area contributed by atoms with Crippen molar-refractivity contribution in [2.45, 2.75) is 10.3 Å². The summed E-state index contributed by atoms with van der Waals surface area (Å²) in [6, 6.07) is 0. The molecule has 6 aliphatic rings. The van der Waals surface area contributed by atoms with E-state index >= 15 is 0 Å². The molecule has 0 saturated heterocycles. The fraction of sp³-hybridized carbons (Fsp3) is 0.833. The number of hydrazone groups is 1. The SMILES string of the molecule is NC(=S)N/N=C1/[C@H]2[C@H]3[C@H]4C[C@@H]5[C@@H]3[C@@H](I)[C@@H]2[C@@H]5[C@@H]14. The minimum atomic E-state index is 0.307. The van der Waals surface area contributed by atoms with Gasteiger partial charge in [0.15, 0.2) is 5.11 Å². The first-order valence-electron chi connectivity index (χ1n) is 6.47. The van der Waals surface area contributed by atoms with Gasteiger partial charge in [-0.25, -0.2) is 0 Å². The molecule has 6 saturated carbocycles. The van der Waals surface area contributed by atoms with Crippen LogP contribution in [0.5, 0.6) is 0 Å². The van der Waals surface area contributed by atoms with E-state index in [-0.39, 0.29) is 0 Å². The number of nitrogens with two attached hydrogens (primary N) is 1. The fourth-order valence-electron chi connectivity index (χ4n) is 6.49.